The van der Waals surface area contributed by atoms with Gasteiger partial charge in [-0.05, 0) is 55.8 Å². The summed E-state index contributed by atoms with van der Waals surface area (Å²) in [5, 5.41) is 0. The highest BCUT2D eigenvalue weighted by atomic mass is 16.2. The van der Waals surface area contributed by atoms with E-state index in [-0.39, 0.29) is 0 Å². The van der Waals surface area contributed by atoms with Crippen LogP contribution in [0.4, 0.5) is 0 Å². The Morgan fingerprint density at radius 3 is 2.62 bits per heavy atom. The van der Waals surface area contributed by atoms with Crippen molar-refractivity contribution >= 4 is 5.91 Å². The predicted molar refractivity (Wildman–Crippen MR) is 89.0 cm³/mol. The third-order valence-electron chi connectivity index (χ3n) is 5.00. The second-order valence-corrected chi connectivity index (χ2v) is 7.90. The lowest BCUT2D eigenvalue weighted by molar-refractivity contribution is -0.134. The van der Waals surface area contributed by atoms with Crippen LogP contribution in [-0.2, 0) is 4.79 Å². The van der Waals surface area contributed by atoms with Crippen molar-refractivity contribution in [3.63, 3.8) is 0 Å². The highest BCUT2D eigenvalue weighted by Gasteiger charge is 2.51. The van der Waals surface area contributed by atoms with Crippen molar-refractivity contribution in [3.05, 3.63) is 12.2 Å². The molecule has 0 aromatic carbocycles. The topological polar surface area (TPSA) is 20.3 Å². The van der Waals surface area contributed by atoms with E-state index in [1.54, 1.807) is 0 Å². The van der Waals surface area contributed by atoms with Crippen molar-refractivity contribution in [3.8, 4) is 0 Å². The van der Waals surface area contributed by atoms with Gasteiger partial charge in [0.05, 0.1) is 0 Å². The Kier molecular flexibility index (Phi) is 5.51. The summed E-state index contributed by atoms with van der Waals surface area (Å²) in [5.41, 5.74) is 0.388. The molecule has 0 heterocycles. The predicted octanol–water partition coefficient (Wildman–Crippen LogP) is 4.65. The Balaban J connectivity index is 1.82. The average molecular weight is 291 g/mol. The van der Waals surface area contributed by atoms with Crippen LogP contribution < -0.4 is 0 Å². The molecule has 21 heavy (non-hydrogen) atoms. The molecule has 0 bridgehead atoms. The SMILES string of the molecule is CC/C=C\CCC1CC1(C)CN(CC(C)C)C(=O)C1CC1. The van der Waals surface area contributed by atoms with E-state index in [1.165, 1.54) is 19.3 Å². The number of amides is 1. The number of hydrogen-bond donors (Lipinski definition) is 0. The summed E-state index contributed by atoms with van der Waals surface area (Å²) in [5.74, 6) is 2.18. The summed E-state index contributed by atoms with van der Waals surface area (Å²) in [4.78, 5) is 14.7. The first-order valence-corrected chi connectivity index (χ1v) is 8.90. The Morgan fingerprint density at radius 2 is 2.05 bits per heavy atom. The Hall–Kier alpha value is -0.790. The Bertz CT molecular complexity index is 383. The lowest BCUT2D eigenvalue weighted by atomic mass is 10.0. The van der Waals surface area contributed by atoms with Crippen LogP contribution in [0.5, 0.6) is 0 Å². The van der Waals surface area contributed by atoms with Crippen molar-refractivity contribution in [1.82, 2.24) is 4.90 Å². The summed E-state index contributed by atoms with van der Waals surface area (Å²) >= 11 is 0. The zero-order valence-electron chi connectivity index (χ0n) is 14.4. The highest BCUT2D eigenvalue weighted by molar-refractivity contribution is 5.81. The lowest BCUT2D eigenvalue weighted by Gasteiger charge is -2.28. The average Bonchev–Trinajstić information content (AvgIpc) is 3.30. The molecule has 2 unspecified atom stereocenters. The van der Waals surface area contributed by atoms with Gasteiger partial charge in [-0.15, -0.1) is 0 Å². The molecule has 0 radical (unpaired) electrons. The fraction of sp³-hybridized carbons (Fsp3) is 0.842. The first-order chi connectivity index (χ1) is 9.96. The normalized spacial score (nSPS) is 28.3. The van der Waals surface area contributed by atoms with Crippen molar-refractivity contribution in [2.24, 2.45) is 23.2 Å². The molecule has 0 saturated heterocycles. The van der Waals surface area contributed by atoms with Gasteiger partial charge in [-0.2, -0.15) is 0 Å². The molecule has 0 aliphatic heterocycles. The maximum atomic E-state index is 12.5. The van der Waals surface area contributed by atoms with Gasteiger partial charge < -0.3 is 4.90 Å². The number of rotatable bonds is 9. The molecule has 2 heteroatoms. The van der Waals surface area contributed by atoms with Crippen LogP contribution >= 0.6 is 0 Å². The van der Waals surface area contributed by atoms with Gasteiger partial charge in [0.1, 0.15) is 0 Å². The van der Waals surface area contributed by atoms with Crippen molar-refractivity contribution < 1.29 is 4.79 Å². The van der Waals surface area contributed by atoms with Crippen molar-refractivity contribution in [2.75, 3.05) is 13.1 Å². The van der Waals surface area contributed by atoms with Crippen LogP contribution in [0.3, 0.4) is 0 Å². The van der Waals surface area contributed by atoms with Gasteiger partial charge in [-0.1, -0.05) is 39.8 Å². The summed E-state index contributed by atoms with van der Waals surface area (Å²) in [7, 11) is 0. The molecule has 2 rings (SSSR count). The van der Waals surface area contributed by atoms with E-state index in [9.17, 15) is 4.79 Å². The van der Waals surface area contributed by atoms with Crippen LogP contribution in [-0.4, -0.2) is 23.9 Å². The van der Waals surface area contributed by atoms with Gasteiger partial charge in [0.15, 0.2) is 0 Å². The van der Waals surface area contributed by atoms with Crippen LogP contribution in [0.2, 0.25) is 0 Å². The van der Waals surface area contributed by atoms with Gasteiger partial charge in [0.2, 0.25) is 5.91 Å². The molecule has 1 amide bonds. The van der Waals surface area contributed by atoms with Gasteiger partial charge in [-0.25, -0.2) is 0 Å². The Labute approximate surface area is 131 Å². The number of carbonyl (C=O) groups is 1. The monoisotopic (exact) mass is 291 g/mol. The molecule has 2 aliphatic rings. The lowest BCUT2D eigenvalue weighted by Crippen LogP contribution is -2.39. The molecule has 2 aliphatic carbocycles. The minimum Gasteiger partial charge on any atom is -0.342 e. The molecular weight excluding hydrogens is 258 g/mol. The molecule has 2 fully saturated rings. The molecule has 2 atom stereocenters. The van der Waals surface area contributed by atoms with E-state index in [0.29, 0.717) is 23.2 Å². The maximum Gasteiger partial charge on any atom is 0.225 e. The quantitative estimate of drug-likeness (QED) is 0.566. The molecule has 2 nitrogen and oxygen atoms in total. The van der Waals surface area contributed by atoms with Gasteiger partial charge >= 0.3 is 0 Å². The fourth-order valence-corrected chi connectivity index (χ4v) is 3.43. The molecule has 0 aromatic rings. The van der Waals surface area contributed by atoms with E-state index in [0.717, 1.165) is 38.3 Å². The smallest absolute Gasteiger partial charge is 0.225 e. The molecule has 2 saturated carbocycles. The van der Waals surface area contributed by atoms with Gasteiger partial charge in [-0.3, -0.25) is 4.79 Å². The van der Waals surface area contributed by atoms with Crippen LogP contribution in [0.15, 0.2) is 12.2 Å². The van der Waals surface area contributed by atoms with Crippen LogP contribution in [0.1, 0.15) is 66.2 Å². The minimum atomic E-state index is 0.358. The third-order valence-corrected chi connectivity index (χ3v) is 5.00. The molecular formula is C19H33NO. The van der Waals surface area contributed by atoms with Gasteiger partial charge in [0.25, 0.3) is 0 Å². The standard InChI is InChI=1S/C19H33NO/c1-5-6-7-8-9-17-12-19(17,4)14-20(13-15(2)3)18(21)16-10-11-16/h6-7,15-17H,5,8-14H2,1-4H3/b7-6-. The van der Waals surface area contributed by atoms with Crippen LogP contribution in [0.25, 0.3) is 0 Å². The maximum absolute atomic E-state index is 12.5. The molecule has 0 N–H and O–H groups in total. The molecule has 120 valence electrons. The van der Waals surface area contributed by atoms with Crippen molar-refractivity contribution in [2.45, 2.75) is 66.2 Å². The van der Waals surface area contributed by atoms with Gasteiger partial charge in [0, 0.05) is 19.0 Å². The minimum absolute atomic E-state index is 0.358. The van der Waals surface area contributed by atoms with E-state index in [4.69, 9.17) is 0 Å². The highest BCUT2D eigenvalue weighted by Crippen LogP contribution is 2.55. The molecule has 0 aromatic heterocycles. The summed E-state index contributed by atoms with van der Waals surface area (Å²) in [6.45, 7) is 10.9. The number of nitrogens with zero attached hydrogens (tertiary/aromatic N) is 1. The van der Waals surface area contributed by atoms with Crippen LogP contribution in [0, 0.1) is 23.2 Å². The zero-order valence-corrected chi connectivity index (χ0v) is 14.4. The first kappa shape index (κ1) is 16.6. The summed E-state index contributed by atoms with van der Waals surface area (Å²) < 4.78 is 0. The first-order valence-electron chi connectivity index (χ1n) is 8.90. The third kappa shape index (κ3) is 4.86. The van der Waals surface area contributed by atoms with E-state index in [1.807, 2.05) is 0 Å². The second-order valence-electron chi connectivity index (χ2n) is 7.90. The van der Waals surface area contributed by atoms with E-state index < -0.39 is 0 Å². The second kappa shape index (κ2) is 6.98. The van der Waals surface area contributed by atoms with Crippen molar-refractivity contribution in [1.29, 1.82) is 0 Å². The number of allylic oxidation sites excluding steroid dienone is 2. The van der Waals surface area contributed by atoms with E-state index in [2.05, 4.69) is 44.7 Å². The zero-order chi connectivity index (χ0) is 15.5. The fourth-order valence-electron chi connectivity index (χ4n) is 3.43. The number of hydrogen-bond acceptors (Lipinski definition) is 1. The Morgan fingerprint density at radius 1 is 1.33 bits per heavy atom. The molecule has 0 spiro atoms. The summed E-state index contributed by atoms with van der Waals surface area (Å²) in [6.07, 6.45) is 11.8. The van der Waals surface area contributed by atoms with E-state index >= 15 is 0 Å². The largest absolute Gasteiger partial charge is 0.342 e. The summed E-state index contributed by atoms with van der Waals surface area (Å²) in [6, 6.07) is 0. The number of carbonyl (C=O) groups excluding carboxylic acids is 1.